The molecule has 42 heavy (non-hydrogen) atoms. The van der Waals surface area contributed by atoms with Gasteiger partial charge in [-0.1, -0.05) is 78.3 Å². The van der Waals surface area contributed by atoms with Gasteiger partial charge in [-0.2, -0.15) is 0 Å². The summed E-state index contributed by atoms with van der Waals surface area (Å²) in [6.07, 6.45) is 4.98. The highest BCUT2D eigenvalue weighted by Gasteiger charge is 2.34. The zero-order chi connectivity index (χ0) is 30.4. The number of hydrogen-bond acceptors (Lipinski definition) is 4. The molecule has 4 rings (SSSR count). The minimum Gasteiger partial charge on any atom is -0.352 e. The van der Waals surface area contributed by atoms with E-state index in [4.69, 9.17) is 34.8 Å². The number of benzene rings is 3. The quantitative estimate of drug-likeness (QED) is 0.256. The molecule has 0 saturated heterocycles. The molecule has 3 aromatic carbocycles. The van der Waals surface area contributed by atoms with Gasteiger partial charge in [0.2, 0.25) is 11.8 Å². The normalized spacial score (nSPS) is 14.7. The van der Waals surface area contributed by atoms with Crippen LogP contribution in [0.3, 0.4) is 0 Å². The molecule has 0 aromatic heterocycles. The molecule has 1 saturated carbocycles. The number of carbonyl (C=O) groups is 2. The second-order valence-electron chi connectivity index (χ2n) is 10.5. The molecule has 1 N–H and O–H groups in total. The lowest BCUT2D eigenvalue weighted by Gasteiger charge is -2.33. The number of hydrogen-bond donors (Lipinski definition) is 1. The lowest BCUT2D eigenvalue weighted by Crippen LogP contribution is -2.53. The Labute approximate surface area is 262 Å². The average Bonchev–Trinajstić information content (AvgIpc) is 2.96. The van der Waals surface area contributed by atoms with Gasteiger partial charge in [0.15, 0.2) is 0 Å². The SMILES string of the molecule is Cc1ccccc1N(CC(=O)N(Cc1ccc(Cl)cc1Cl)[C@@H](C)C(=O)NC1CCCCC1)S(=O)(=O)c1ccc(Cl)cc1. The lowest BCUT2D eigenvalue weighted by molar-refractivity contribution is -0.139. The summed E-state index contributed by atoms with van der Waals surface area (Å²) >= 11 is 18.6. The third-order valence-electron chi connectivity index (χ3n) is 7.54. The fourth-order valence-electron chi connectivity index (χ4n) is 5.08. The highest BCUT2D eigenvalue weighted by atomic mass is 35.5. The van der Waals surface area contributed by atoms with Crippen molar-refractivity contribution in [3.63, 3.8) is 0 Å². The van der Waals surface area contributed by atoms with Crippen LogP contribution >= 0.6 is 34.8 Å². The van der Waals surface area contributed by atoms with Gasteiger partial charge in [0.25, 0.3) is 10.0 Å². The molecule has 1 aliphatic carbocycles. The zero-order valence-corrected chi connectivity index (χ0v) is 26.6. The molecule has 2 amide bonds. The van der Waals surface area contributed by atoms with Crippen LogP contribution in [0, 0.1) is 6.92 Å². The Morgan fingerprint density at radius 3 is 2.21 bits per heavy atom. The second-order valence-corrected chi connectivity index (χ2v) is 13.7. The Morgan fingerprint density at radius 1 is 0.929 bits per heavy atom. The number of amides is 2. The molecule has 0 radical (unpaired) electrons. The molecular formula is C31H34Cl3N3O4S. The van der Waals surface area contributed by atoms with E-state index in [1.54, 1.807) is 56.3 Å². The molecule has 0 spiro atoms. The Bertz CT molecular complexity index is 1530. The van der Waals surface area contributed by atoms with Gasteiger partial charge < -0.3 is 10.2 Å². The van der Waals surface area contributed by atoms with Crippen molar-refractivity contribution in [2.24, 2.45) is 0 Å². The first-order chi connectivity index (χ1) is 20.0. The smallest absolute Gasteiger partial charge is 0.264 e. The van der Waals surface area contributed by atoms with E-state index in [9.17, 15) is 18.0 Å². The number of halogens is 3. The van der Waals surface area contributed by atoms with Crippen molar-refractivity contribution in [3.8, 4) is 0 Å². The van der Waals surface area contributed by atoms with Crippen molar-refractivity contribution in [2.75, 3.05) is 10.8 Å². The van der Waals surface area contributed by atoms with E-state index in [1.165, 1.54) is 29.2 Å². The molecule has 0 heterocycles. The molecule has 0 bridgehead atoms. The fraction of sp³-hybridized carbons (Fsp3) is 0.355. The molecule has 11 heteroatoms. The van der Waals surface area contributed by atoms with Gasteiger partial charge in [-0.15, -0.1) is 0 Å². The van der Waals surface area contributed by atoms with Crippen LogP contribution < -0.4 is 9.62 Å². The number of nitrogens with one attached hydrogen (secondary N) is 1. The first-order valence-electron chi connectivity index (χ1n) is 13.8. The van der Waals surface area contributed by atoms with Crippen LogP contribution in [0.4, 0.5) is 5.69 Å². The number of rotatable bonds is 10. The van der Waals surface area contributed by atoms with E-state index >= 15 is 0 Å². The maximum Gasteiger partial charge on any atom is 0.264 e. The van der Waals surface area contributed by atoms with Crippen LogP contribution in [0.5, 0.6) is 0 Å². The molecule has 7 nitrogen and oxygen atoms in total. The van der Waals surface area contributed by atoms with E-state index in [-0.39, 0.29) is 23.4 Å². The van der Waals surface area contributed by atoms with Gasteiger partial charge in [-0.25, -0.2) is 8.42 Å². The van der Waals surface area contributed by atoms with Gasteiger partial charge in [0.05, 0.1) is 10.6 Å². The van der Waals surface area contributed by atoms with E-state index in [0.29, 0.717) is 31.9 Å². The van der Waals surface area contributed by atoms with Crippen LogP contribution in [0.25, 0.3) is 0 Å². The number of carbonyl (C=O) groups excluding carboxylic acids is 2. The van der Waals surface area contributed by atoms with Gasteiger partial charge in [0.1, 0.15) is 12.6 Å². The summed E-state index contributed by atoms with van der Waals surface area (Å²) in [6, 6.07) is 16.8. The second kappa shape index (κ2) is 14.1. The molecule has 0 aliphatic heterocycles. The van der Waals surface area contributed by atoms with Gasteiger partial charge in [0, 0.05) is 27.7 Å². The lowest BCUT2D eigenvalue weighted by atomic mass is 9.95. The average molecular weight is 651 g/mol. The van der Waals surface area contributed by atoms with Gasteiger partial charge in [-0.3, -0.25) is 13.9 Å². The summed E-state index contributed by atoms with van der Waals surface area (Å²) < 4.78 is 29.0. The molecule has 0 unspecified atom stereocenters. The minimum absolute atomic E-state index is 0.0154. The Hall–Kier alpha value is -2.78. The van der Waals surface area contributed by atoms with Crippen LogP contribution in [-0.4, -0.2) is 43.8 Å². The van der Waals surface area contributed by atoms with Crippen LogP contribution in [0.1, 0.15) is 50.2 Å². The number of aryl methyl sites for hydroxylation is 1. The largest absolute Gasteiger partial charge is 0.352 e. The summed E-state index contributed by atoms with van der Waals surface area (Å²) in [7, 11) is -4.19. The van der Waals surface area contributed by atoms with Crippen LogP contribution in [0.15, 0.2) is 71.6 Å². The number of anilines is 1. The van der Waals surface area contributed by atoms with Crippen molar-refractivity contribution in [1.29, 1.82) is 0 Å². The maximum atomic E-state index is 14.1. The molecule has 3 aromatic rings. The Balaban J connectivity index is 1.70. The number of sulfonamides is 1. The predicted molar refractivity (Wildman–Crippen MR) is 169 cm³/mol. The molecule has 224 valence electrons. The Morgan fingerprint density at radius 2 is 1.57 bits per heavy atom. The van der Waals surface area contributed by atoms with E-state index in [1.807, 2.05) is 0 Å². The van der Waals surface area contributed by atoms with Crippen molar-refractivity contribution < 1.29 is 18.0 Å². The van der Waals surface area contributed by atoms with Gasteiger partial charge >= 0.3 is 0 Å². The van der Waals surface area contributed by atoms with Gasteiger partial charge in [-0.05, 0) is 80.3 Å². The minimum atomic E-state index is -4.19. The standard InChI is InChI=1S/C31H34Cl3N3O4S/c1-21-8-6-7-11-29(21)37(42(40,41)27-16-14-24(32)15-17-27)20-30(38)36(19-23-12-13-25(33)18-28(23)34)22(2)31(39)35-26-9-4-3-5-10-26/h6-8,11-18,22,26H,3-5,9-10,19-20H2,1-2H3,(H,35,39)/t22-/m0/s1. The topological polar surface area (TPSA) is 86.8 Å². The third kappa shape index (κ3) is 7.78. The summed E-state index contributed by atoms with van der Waals surface area (Å²) in [6.45, 7) is 2.86. The van der Waals surface area contributed by atoms with Crippen molar-refractivity contribution >= 4 is 62.3 Å². The number of nitrogens with zero attached hydrogens (tertiary/aromatic N) is 2. The highest BCUT2D eigenvalue weighted by Crippen LogP contribution is 2.29. The van der Waals surface area contributed by atoms with Crippen molar-refractivity contribution in [3.05, 3.63) is 92.9 Å². The summed E-state index contributed by atoms with van der Waals surface area (Å²) in [5, 5.41) is 4.25. The maximum absolute atomic E-state index is 14.1. The predicted octanol–water partition coefficient (Wildman–Crippen LogP) is 7.02. The summed E-state index contributed by atoms with van der Waals surface area (Å²) in [4.78, 5) is 28.9. The highest BCUT2D eigenvalue weighted by molar-refractivity contribution is 7.92. The summed E-state index contributed by atoms with van der Waals surface area (Å²) in [5.74, 6) is -0.864. The van der Waals surface area contributed by atoms with Crippen LogP contribution in [-0.2, 0) is 26.2 Å². The fourth-order valence-corrected chi connectivity index (χ4v) is 7.15. The molecule has 1 fully saturated rings. The Kier molecular flexibility index (Phi) is 10.8. The van der Waals surface area contributed by atoms with Crippen molar-refractivity contribution in [1.82, 2.24) is 10.2 Å². The monoisotopic (exact) mass is 649 g/mol. The van der Waals surface area contributed by atoms with Crippen molar-refractivity contribution in [2.45, 2.75) is 69.5 Å². The molecule has 1 atom stereocenters. The van der Waals surface area contributed by atoms with Crippen LogP contribution in [0.2, 0.25) is 15.1 Å². The first kappa shape index (κ1) is 32.1. The van der Waals surface area contributed by atoms with E-state index in [2.05, 4.69) is 5.32 Å². The first-order valence-corrected chi connectivity index (χ1v) is 16.4. The molecular weight excluding hydrogens is 617 g/mol. The summed E-state index contributed by atoms with van der Waals surface area (Å²) in [5.41, 5.74) is 1.59. The third-order valence-corrected chi connectivity index (χ3v) is 10.2. The molecule has 1 aliphatic rings. The number of para-hydroxylation sites is 1. The van der Waals surface area contributed by atoms with E-state index in [0.717, 1.165) is 36.4 Å². The van der Waals surface area contributed by atoms with E-state index < -0.39 is 28.5 Å². The zero-order valence-electron chi connectivity index (χ0n) is 23.5.